The average molecular weight is 920 g/mol. The van der Waals surface area contributed by atoms with Gasteiger partial charge in [-0.05, 0) is 137 Å². The molecule has 0 radical (unpaired) electrons. The van der Waals surface area contributed by atoms with Gasteiger partial charge >= 0.3 is 0 Å². The van der Waals surface area contributed by atoms with E-state index in [9.17, 15) is 0 Å². The molecule has 0 N–H and O–H groups in total. The molecule has 1 spiro atoms. The Morgan fingerprint density at radius 3 is 1.77 bits per heavy atom. The van der Waals surface area contributed by atoms with Crippen molar-refractivity contribution in [2.24, 2.45) is 10.8 Å². The Balaban J connectivity index is 1.23. The third-order valence-corrected chi connectivity index (χ3v) is 15.0. The number of nitrogens with zero attached hydrogens (tertiary/aromatic N) is 1. The first-order valence-corrected chi connectivity index (χ1v) is 24.2. The van der Waals surface area contributed by atoms with Crippen LogP contribution in [0.2, 0.25) is 0 Å². The molecule has 1 saturated heterocycles. The van der Waals surface area contributed by atoms with Crippen LogP contribution in [-0.4, -0.2) is 54.7 Å². The van der Waals surface area contributed by atoms with E-state index in [4.69, 9.17) is 33.2 Å². The largest absolute Gasteiger partial charge is 0.497 e. The molecule has 1 saturated carbocycles. The van der Waals surface area contributed by atoms with Crippen LogP contribution in [0.1, 0.15) is 74.8 Å². The molecule has 8 heteroatoms. The van der Waals surface area contributed by atoms with Crippen molar-refractivity contribution in [3.8, 4) is 62.5 Å². The summed E-state index contributed by atoms with van der Waals surface area (Å²) < 4.78 is 44.0. The summed E-state index contributed by atoms with van der Waals surface area (Å²) in [6.45, 7) is 13.0. The average Bonchev–Trinajstić information content (AvgIpc) is 3.63. The lowest BCUT2D eigenvalue weighted by Crippen LogP contribution is -2.44. The van der Waals surface area contributed by atoms with Crippen molar-refractivity contribution in [3.63, 3.8) is 0 Å². The number of ether oxygens (including phenoxy) is 7. The normalized spacial score (nSPS) is 17.9. The molecule has 2 fully saturated rings. The highest BCUT2D eigenvalue weighted by Crippen LogP contribution is 2.67. The van der Waals surface area contributed by atoms with Crippen LogP contribution in [0.25, 0.3) is 39.1 Å². The Labute approximate surface area is 406 Å². The van der Waals surface area contributed by atoms with Gasteiger partial charge in [0.1, 0.15) is 40.2 Å². The summed E-state index contributed by atoms with van der Waals surface area (Å²) >= 11 is 0. The van der Waals surface area contributed by atoms with Crippen molar-refractivity contribution in [3.05, 3.63) is 161 Å². The van der Waals surface area contributed by atoms with Gasteiger partial charge in [0.25, 0.3) is 0 Å². The van der Waals surface area contributed by atoms with Crippen molar-refractivity contribution in [1.29, 1.82) is 0 Å². The molecule has 0 amide bonds. The minimum atomic E-state index is -1.02. The maximum absolute atomic E-state index is 7.95. The van der Waals surface area contributed by atoms with Gasteiger partial charge in [0, 0.05) is 63.5 Å². The van der Waals surface area contributed by atoms with Gasteiger partial charge < -0.3 is 38.1 Å². The second-order valence-corrected chi connectivity index (χ2v) is 20.8. The third kappa shape index (κ3) is 7.55. The van der Waals surface area contributed by atoms with Gasteiger partial charge in [-0.1, -0.05) is 82.3 Å². The number of anilines is 1. The molecule has 352 valence electrons. The Morgan fingerprint density at radius 1 is 0.536 bits per heavy atom. The summed E-state index contributed by atoms with van der Waals surface area (Å²) in [5, 5.41) is 2.04. The Kier molecular flexibility index (Phi) is 11.0. The second-order valence-electron chi connectivity index (χ2n) is 20.8. The lowest BCUT2D eigenvalue weighted by Gasteiger charge is -2.52. The first-order valence-electron chi connectivity index (χ1n) is 24.2. The van der Waals surface area contributed by atoms with E-state index in [0.717, 1.165) is 113 Å². The summed E-state index contributed by atoms with van der Waals surface area (Å²) in [7, 11) is 6.77. The highest BCUT2D eigenvalue weighted by Gasteiger charge is 2.55. The van der Waals surface area contributed by atoms with Crippen LogP contribution in [0.3, 0.4) is 0 Å². The van der Waals surface area contributed by atoms with E-state index in [-0.39, 0.29) is 16.2 Å². The second kappa shape index (κ2) is 17.0. The fraction of sp³-hybridized carbons (Fsp3) is 0.311. The number of hydrogen-bond acceptors (Lipinski definition) is 8. The summed E-state index contributed by atoms with van der Waals surface area (Å²) in [6, 6.07) is 44.6. The van der Waals surface area contributed by atoms with Crippen LogP contribution in [-0.2, 0) is 15.8 Å². The Morgan fingerprint density at radius 2 is 1.14 bits per heavy atom. The van der Waals surface area contributed by atoms with Gasteiger partial charge in [-0.3, -0.25) is 0 Å². The van der Waals surface area contributed by atoms with Gasteiger partial charge in [-0.2, -0.15) is 0 Å². The molecule has 0 bridgehead atoms. The first kappa shape index (κ1) is 44.6. The number of methoxy groups -OCH3 is 4. The predicted molar refractivity (Wildman–Crippen MR) is 276 cm³/mol. The van der Waals surface area contributed by atoms with E-state index in [1.54, 1.807) is 28.4 Å². The van der Waals surface area contributed by atoms with Crippen LogP contribution in [0.4, 0.5) is 5.69 Å². The van der Waals surface area contributed by atoms with Crippen LogP contribution >= 0.6 is 0 Å². The summed E-state index contributed by atoms with van der Waals surface area (Å²) in [6.07, 6.45) is 7.77. The van der Waals surface area contributed by atoms with E-state index in [1.165, 1.54) is 22.3 Å². The molecule has 4 aliphatic rings. The number of morpholine rings is 1. The quantitative estimate of drug-likeness (QED) is 0.134. The molecule has 8 nitrogen and oxygen atoms in total. The van der Waals surface area contributed by atoms with Crippen LogP contribution < -0.4 is 33.3 Å². The number of fused-ring (bicyclic) bond motifs is 10. The molecule has 11 rings (SSSR count). The molecule has 0 aromatic heterocycles. The van der Waals surface area contributed by atoms with Crippen molar-refractivity contribution in [2.75, 3.05) is 59.6 Å². The van der Waals surface area contributed by atoms with Crippen molar-refractivity contribution in [2.45, 2.75) is 58.0 Å². The Hall–Kier alpha value is -6.90. The molecule has 2 aliphatic heterocycles. The maximum Gasteiger partial charge on any atom is 0.178 e. The molecule has 7 aromatic rings. The number of hydrogen-bond donors (Lipinski definition) is 0. The smallest absolute Gasteiger partial charge is 0.178 e. The number of benzene rings is 7. The summed E-state index contributed by atoms with van der Waals surface area (Å²) in [5.74, 6) is 5.18. The van der Waals surface area contributed by atoms with Crippen molar-refractivity contribution in [1.82, 2.24) is 0 Å². The first-order chi connectivity index (χ1) is 33.4. The van der Waals surface area contributed by atoms with E-state index in [0.29, 0.717) is 17.2 Å². The van der Waals surface area contributed by atoms with Crippen LogP contribution in [0, 0.1) is 10.8 Å². The standard InChI is InChI=1S/C61H61NO7/c1-58(2)36-59(3,4)38-60(37-58)52-12-10-9-11-47(52)55-50-35-54(68-44-23-17-41(18-24-44)62-29-31-67-32-30-62)49(46-26-25-45(65-7)33-53(46)66-8)34-51(50)57-48(56(55)60)27-28-61(69-57,39-13-19-42(63-5)20-14-39)40-15-21-43(64-6)22-16-40/h9-28,33-35H,29-32,36-38H2,1-8H3. The van der Waals surface area contributed by atoms with Gasteiger partial charge in [0.05, 0.1) is 41.7 Å². The lowest BCUT2D eigenvalue weighted by atomic mass is 9.52. The highest BCUT2D eigenvalue weighted by atomic mass is 16.5. The number of rotatable bonds is 10. The third-order valence-electron chi connectivity index (χ3n) is 15.0. The van der Waals surface area contributed by atoms with Crippen LogP contribution in [0.5, 0.6) is 40.2 Å². The zero-order valence-electron chi connectivity index (χ0n) is 41.0. The zero-order chi connectivity index (χ0) is 47.7. The molecule has 2 aliphatic carbocycles. The molecule has 7 aromatic carbocycles. The summed E-state index contributed by atoms with van der Waals surface area (Å²) in [5.41, 5.74) is 9.95. The lowest BCUT2D eigenvalue weighted by molar-refractivity contribution is 0.0642. The van der Waals surface area contributed by atoms with Gasteiger partial charge in [-0.15, -0.1) is 0 Å². The van der Waals surface area contributed by atoms with Gasteiger partial charge in [0.15, 0.2) is 5.60 Å². The molecule has 2 heterocycles. The SMILES string of the molecule is COc1ccc(C2(c3ccc(OC)cc3)C=Cc3c4c(c5cc(Oc6ccc(N7CCOCC7)cc6)c(-c6ccc(OC)cc6OC)cc5c3O2)-c2ccccc2C42CC(C)(C)CC(C)(C)C2)cc1. The molecule has 69 heavy (non-hydrogen) atoms. The zero-order valence-corrected chi connectivity index (χ0v) is 41.0. The molecular formula is C61H61NO7. The van der Waals surface area contributed by atoms with Gasteiger partial charge in [-0.25, -0.2) is 0 Å². The fourth-order valence-corrected chi connectivity index (χ4v) is 12.8. The molecule has 0 unspecified atom stereocenters. The predicted octanol–water partition coefficient (Wildman–Crippen LogP) is 14.0. The Bertz CT molecular complexity index is 3040. The highest BCUT2D eigenvalue weighted by molar-refractivity contribution is 6.11. The monoisotopic (exact) mass is 919 g/mol. The minimum absolute atomic E-state index is 0.0595. The molecule has 0 atom stereocenters. The van der Waals surface area contributed by atoms with Gasteiger partial charge in [0.2, 0.25) is 0 Å². The van der Waals surface area contributed by atoms with E-state index in [1.807, 2.05) is 36.4 Å². The summed E-state index contributed by atoms with van der Waals surface area (Å²) in [4.78, 5) is 2.36. The van der Waals surface area contributed by atoms with E-state index in [2.05, 4.69) is 136 Å². The van der Waals surface area contributed by atoms with E-state index < -0.39 is 5.60 Å². The maximum atomic E-state index is 7.95. The topological polar surface area (TPSA) is 67.9 Å². The molecular weight excluding hydrogens is 859 g/mol. The van der Waals surface area contributed by atoms with Crippen molar-refractivity contribution >= 4 is 22.5 Å². The van der Waals surface area contributed by atoms with Crippen LogP contribution in [0.15, 0.2) is 133 Å². The van der Waals surface area contributed by atoms with E-state index >= 15 is 0 Å². The fourth-order valence-electron chi connectivity index (χ4n) is 12.8. The van der Waals surface area contributed by atoms with Crippen molar-refractivity contribution < 1.29 is 33.2 Å². The minimum Gasteiger partial charge on any atom is -0.497 e.